The topological polar surface area (TPSA) is 95.2 Å². The van der Waals surface area contributed by atoms with Crippen molar-refractivity contribution in [2.24, 2.45) is 0 Å². The van der Waals surface area contributed by atoms with Gasteiger partial charge in [0.25, 0.3) is 0 Å². The number of hydrogen-bond donors (Lipinski definition) is 2. The standard InChI is InChI=1S/C11H13N5O2/c1-17-10-14-9(15-11(16-10)18-2)13-8-5-3-4-7(12)6-8/h3-6H,12H2,1-2H3,(H,13,14,15,16). The first kappa shape index (κ1) is 11.9. The van der Waals surface area contributed by atoms with Crippen LogP contribution < -0.4 is 20.5 Å². The van der Waals surface area contributed by atoms with Crippen molar-refractivity contribution in [3.63, 3.8) is 0 Å². The van der Waals surface area contributed by atoms with Crippen molar-refractivity contribution in [3.8, 4) is 12.0 Å². The van der Waals surface area contributed by atoms with Gasteiger partial charge in [0.15, 0.2) is 0 Å². The van der Waals surface area contributed by atoms with E-state index in [2.05, 4.69) is 20.3 Å². The first-order valence-electron chi connectivity index (χ1n) is 5.18. The highest BCUT2D eigenvalue weighted by molar-refractivity contribution is 5.59. The van der Waals surface area contributed by atoms with Gasteiger partial charge in [-0.15, -0.1) is 4.98 Å². The van der Waals surface area contributed by atoms with E-state index in [0.29, 0.717) is 11.6 Å². The Morgan fingerprint density at radius 3 is 2.28 bits per heavy atom. The molecule has 0 radical (unpaired) electrons. The van der Waals surface area contributed by atoms with E-state index in [9.17, 15) is 0 Å². The summed E-state index contributed by atoms with van der Waals surface area (Å²) in [6.45, 7) is 0. The number of rotatable bonds is 4. The summed E-state index contributed by atoms with van der Waals surface area (Å²) in [6.07, 6.45) is 0. The van der Waals surface area contributed by atoms with Gasteiger partial charge >= 0.3 is 12.0 Å². The Hall–Kier alpha value is -2.57. The van der Waals surface area contributed by atoms with Crippen molar-refractivity contribution in [2.45, 2.75) is 0 Å². The summed E-state index contributed by atoms with van der Waals surface area (Å²) in [5.41, 5.74) is 7.10. The van der Waals surface area contributed by atoms with Gasteiger partial charge in [-0.05, 0) is 18.2 Å². The van der Waals surface area contributed by atoms with E-state index >= 15 is 0 Å². The summed E-state index contributed by atoms with van der Waals surface area (Å²) in [4.78, 5) is 12.0. The molecule has 0 aliphatic carbocycles. The molecule has 0 bridgehead atoms. The van der Waals surface area contributed by atoms with Crippen LogP contribution in [-0.4, -0.2) is 29.2 Å². The number of hydrogen-bond acceptors (Lipinski definition) is 7. The van der Waals surface area contributed by atoms with Gasteiger partial charge in [-0.25, -0.2) is 0 Å². The fraction of sp³-hybridized carbons (Fsp3) is 0.182. The van der Waals surface area contributed by atoms with Crippen LogP contribution in [0.25, 0.3) is 0 Å². The van der Waals surface area contributed by atoms with Gasteiger partial charge in [-0.1, -0.05) is 6.07 Å². The van der Waals surface area contributed by atoms with Crippen LogP contribution in [0.4, 0.5) is 17.3 Å². The van der Waals surface area contributed by atoms with Crippen LogP contribution in [-0.2, 0) is 0 Å². The molecule has 7 heteroatoms. The van der Waals surface area contributed by atoms with Crippen LogP contribution in [0.5, 0.6) is 12.0 Å². The second-order valence-corrected chi connectivity index (χ2v) is 3.38. The largest absolute Gasteiger partial charge is 0.467 e. The Labute approximate surface area is 104 Å². The molecule has 0 amide bonds. The Morgan fingerprint density at radius 1 is 1.06 bits per heavy atom. The molecular weight excluding hydrogens is 234 g/mol. The molecule has 7 nitrogen and oxygen atoms in total. The summed E-state index contributed by atoms with van der Waals surface area (Å²) in [5, 5.41) is 2.99. The number of anilines is 3. The summed E-state index contributed by atoms with van der Waals surface area (Å²) in [5.74, 6) is 0.323. The lowest BCUT2D eigenvalue weighted by molar-refractivity contribution is 0.341. The average molecular weight is 247 g/mol. The minimum absolute atomic E-state index is 0.174. The maximum Gasteiger partial charge on any atom is 0.324 e. The molecule has 0 fully saturated rings. The second-order valence-electron chi connectivity index (χ2n) is 3.38. The SMILES string of the molecule is COc1nc(Nc2cccc(N)c2)nc(OC)n1. The van der Waals surface area contributed by atoms with E-state index in [-0.39, 0.29) is 12.0 Å². The smallest absolute Gasteiger partial charge is 0.324 e. The Kier molecular flexibility index (Phi) is 3.42. The monoisotopic (exact) mass is 247 g/mol. The molecule has 18 heavy (non-hydrogen) atoms. The minimum atomic E-state index is 0.174. The van der Waals surface area contributed by atoms with E-state index in [1.165, 1.54) is 14.2 Å². The fourth-order valence-corrected chi connectivity index (χ4v) is 1.32. The molecule has 1 aromatic carbocycles. The van der Waals surface area contributed by atoms with Gasteiger partial charge in [-0.2, -0.15) is 9.97 Å². The van der Waals surface area contributed by atoms with Gasteiger partial charge in [0.05, 0.1) is 14.2 Å². The number of nitrogens with one attached hydrogen (secondary N) is 1. The quantitative estimate of drug-likeness (QED) is 0.784. The molecule has 1 heterocycles. The van der Waals surface area contributed by atoms with E-state index < -0.39 is 0 Å². The van der Waals surface area contributed by atoms with E-state index in [4.69, 9.17) is 15.2 Å². The maximum atomic E-state index is 5.68. The molecule has 0 saturated carbocycles. The molecule has 0 spiro atoms. The van der Waals surface area contributed by atoms with Crippen molar-refractivity contribution in [2.75, 3.05) is 25.3 Å². The Balaban J connectivity index is 2.28. The van der Waals surface area contributed by atoms with Crippen LogP contribution in [0.2, 0.25) is 0 Å². The zero-order chi connectivity index (χ0) is 13.0. The molecule has 3 N–H and O–H groups in total. The lowest BCUT2D eigenvalue weighted by atomic mass is 10.3. The highest BCUT2D eigenvalue weighted by Gasteiger charge is 2.07. The predicted octanol–water partition coefficient (Wildman–Crippen LogP) is 1.21. The van der Waals surface area contributed by atoms with Crippen LogP contribution in [0.3, 0.4) is 0 Å². The molecule has 1 aromatic heterocycles. The predicted molar refractivity (Wildman–Crippen MR) is 67.1 cm³/mol. The van der Waals surface area contributed by atoms with Crippen molar-refractivity contribution < 1.29 is 9.47 Å². The summed E-state index contributed by atoms with van der Waals surface area (Å²) >= 11 is 0. The molecule has 94 valence electrons. The van der Waals surface area contributed by atoms with Gasteiger partial charge in [0.1, 0.15) is 0 Å². The molecule has 0 saturated heterocycles. The van der Waals surface area contributed by atoms with E-state index in [0.717, 1.165) is 5.69 Å². The van der Waals surface area contributed by atoms with Gasteiger partial charge in [0, 0.05) is 11.4 Å². The summed E-state index contributed by atoms with van der Waals surface area (Å²) in [7, 11) is 2.94. The minimum Gasteiger partial charge on any atom is -0.467 e. The number of nitrogen functional groups attached to an aromatic ring is 1. The lowest BCUT2D eigenvalue weighted by Crippen LogP contribution is -2.03. The molecule has 0 unspecified atom stereocenters. The first-order valence-corrected chi connectivity index (χ1v) is 5.18. The zero-order valence-corrected chi connectivity index (χ0v) is 10.0. The molecule has 0 atom stereocenters. The number of benzene rings is 1. The Morgan fingerprint density at radius 2 is 1.72 bits per heavy atom. The van der Waals surface area contributed by atoms with Gasteiger partial charge in [0.2, 0.25) is 5.95 Å². The van der Waals surface area contributed by atoms with Crippen molar-refractivity contribution in [1.29, 1.82) is 0 Å². The molecule has 2 rings (SSSR count). The van der Waals surface area contributed by atoms with E-state index in [1.54, 1.807) is 12.1 Å². The number of methoxy groups -OCH3 is 2. The molecular formula is C11H13N5O2. The number of ether oxygens (including phenoxy) is 2. The van der Waals surface area contributed by atoms with Gasteiger partial charge < -0.3 is 20.5 Å². The third-order valence-electron chi connectivity index (χ3n) is 2.10. The Bertz CT molecular complexity index is 524. The first-order chi connectivity index (χ1) is 8.71. The number of nitrogens with two attached hydrogens (primary N) is 1. The van der Waals surface area contributed by atoms with Crippen LogP contribution in [0, 0.1) is 0 Å². The summed E-state index contributed by atoms with van der Waals surface area (Å²) < 4.78 is 9.90. The highest BCUT2D eigenvalue weighted by Crippen LogP contribution is 2.18. The van der Waals surface area contributed by atoms with Crippen molar-refractivity contribution >= 4 is 17.3 Å². The molecule has 0 aliphatic heterocycles. The van der Waals surface area contributed by atoms with Crippen LogP contribution in [0.15, 0.2) is 24.3 Å². The second kappa shape index (κ2) is 5.17. The zero-order valence-electron chi connectivity index (χ0n) is 10.0. The van der Waals surface area contributed by atoms with Gasteiger partial charge in [-0.3, -0.25) is 0 Å². The lowest BCUT2D eigenvalue weighted by Gasteiger charge is -2.07. The third kappa shape index (κ3) is 2.76. The molecule has 0 aliphatic rings. The van der Waals surface area contributed by atoms with Crippen molar-refractivity contribution in [3.05, 3.63) is 24.3 Å². The van der Waals surface area contributed by atoms with Crippen molar-refractivity contribution in [1.82, 2.24) is 15.0 Å². The van der Waals surface area contributed by atoms with Crippen LogP contribution in [0.1, 0.15) is 0 Å². The maximum absolute atomic E-state index is 5.68. The number of nitrogens with zero attached hydrogens (tertiary/aromatic N) is 3. The van der Waals surface area contributed by atoms with E-state index in [1.807, 2.05) is 12.1 Å². The normalized spacial score (nSPS) is 9.89. The average Bonchev–Trinajstić information content (AvgIpc) is 2.38. The highest BCUT2D eigenvalue weighted by atomic mass is 16.5. The summed E-state index contributed by atoms with van der Waals surface area (Å²) in [6, 6.07) is 7.58. The molecule has 2 aromatic rings. The van der Waals surface area contributed by atoms with Crippen LogP contribution >= 0.6 is 0 Å². The fourth-order valence-electron chi connectivity index (χ4n) is 1.32. The third-order valence-corrected chi connectivity index (χ3v) is 2.10. The number of aromatic nitrogens is 3.